The molecule has 0 amide bonds. The predicted molar refractivity (Wildman–Crippen MR) is 136 cm³/mol. The first kappa shape index (κ1) is 22.4. The van der Waals surface area contributed by atoms with Crippen molar-refractivity contribution in [2.75, 3.05) is 12.0 Å². The number of hydrogen-bond donors (Lipinski definition) is 5. The summed E-state index contributed by atoms with van der Waals surface area (Å²) in [5.41, 5.74) is 9.04. The Morgan fingerprint density at radius 2 is 1.91 bits per heavy atom. The number of aliphatic hydroxyl groups is 2. The van der Waals surface area contributed by atoms with E-state index in [-0.39, 0.29) is 12.0 Å². The first-order valence-corrected chi connectivity index (χ1v) is 12.8. The molecule has 8 heteroatoms. The third-order valence-corrected chi connectivity index (χ3v) is 8.07. The maximum absolute atomic E-state index is 10.9. The minimum atomic E-state index is -0.828. The van der Waals surface area contributed by atoms with Crippen LogP contribution >= 0.6 is 0 Å². The number of aliphatic hydroxyl groups excluding tert-OH is 2. The second kappa shape index (κ2) is 9.17. The van der Waals surface area contributed by atoms with Crippen LogP contribution in [-0.4, -0.2) is 44.7 Å². The summed E-state index contributed by atoms with van der Waals surface area (Å²) in [5.74, 6) is 1.56. The number of pyridine rings is 1. The standard InChI is InChI=1S/C27H34N6O2/c28-26-20-11-12-33(27(20)30-15-29-26)22-14-18(24(34)25(22)35)8-6-16-5-7-17-9-10-23(32-21(17)13-16)31-19-3-1-2-4-19/h5,7,9-13,18-19,22,24-25,29,34-35H,1-4,6,8,14-15,28H2,(H,31,32)/t18-,22+,24+,25-/m0/s1. The van der Waals surface area contributed by atoms with E-state index in [0.29, 0.717) is 25.0 Å². The number of anilines is 1. The van der Waals surface area contributed by atoms with Crippen LogP contribution in [0.2, 0.25) is 0 Å². The van der Waals surface area contributed by atoms with Crippen molar-refractivity contribution in [3.63, 3.8) is 0 Å². The van der Waals surface area contributed by atoms with Crippen LogP contribution in [0.15, 0.2) is 47.6 Å². The number of nitrogens with one attached hydrogen (secondary N) is 2. The highest BCUT2D eigenvalue weighted by molar-refractivity contribution is 5.81. The highest BCUT2D eigenvalue weighted by Gasteiger charge is 2.42. The number of aryl methyl sites for hydroxylation is 1. The van der Waals surface area contributed by atoms with Crippen LogP contribution in [0.3, 0.4) is 0 Å². The first-order valence-electron chi connectivity index (χ1n) is 12.8. The largest absolute Gasteiger partial charge is 0.390 e. The molecule has 0 bridgehead atoms. The lowest BCUT2D eigenvalue weighted by Crippen LogP contribution is -2.44. The van der Waals surface area contributed by atoms with E-state index in [0.717, 1.165) is 40.3 Å². The van der Waals surface area contributed by atoms with E-state index in [1.54, 1.807) is 0 Å². The van der Waals surface area contributed by atoms with E-state index >= 15 is 0 Å². The number of benzene rings is 1. The van der Waals surface area contributed by atoms with Crippen molar-refractivity contribution in [2.24, 2.45) is 16.6 Å². The molecule has 35 heavy (non-hydrogen) atoms. The van der Waals surface area contributed by atoms with Crippen molar-refractivity contribution in [1.82, 2.24) is 14.9 Å². The number of aromatic nitrogens is 2. The van der Waals surface area contributed by atoms with Crippen LogP contribution in [-0.2, 0) is 6.42 Å². The fourth-order valence-corrected chi connectivity index (χ4v) is 6.07. The average Bonchev–Trinajstić information content (AvgIpc) is 3.59. The van der Waals surface area contributed by atoms with E-state index in [4.69, 9.17) is 10.7 Å². The Morgan fingerprint density at radius 3 is 2.77 bits per heavy atom. The quantitative estimate of drug-likeness (QED) is 0.369. The zero-order valence-corrected chi connectivity index (χ0v) is 19.9. The molecule has 3 heterocycles. The zero-order valence-electron chi connectivity index (χ0n) is 19.9. The van der Waals surface area contributed by atoms with Gasteiger partial charge >= 0.3 is 0 Å². The third kappa shape index (κ3) is 4.25. The van der Waals surface area contributed by atoms with Crippen molar-refractivity contribution in [3.8, 4) is 0 Å². The average molecular weight is 475 g/mol. The summed E-state index contributed by atoms with van der Waals surface area (Å²) in [4.78, 5) is 9.41. The molecule has 6 N–H and O–H groups in total. The number of hydrogen-bond acceptors (Lipinski definition) is 7. The van der Waals surface area contributed by atoms with E-state index in [2.05, 4.69) is 46.0 Å². The van der Waals surface area contributed by atoms with Gasteiger partial charge in [0.1, 0.15) is 29.9 Å². The van der Waals surface area contributed by atoms with Gasteiger partial charge in [-0.3, -0.25) is 0 Å². The third-order valence-electron chi connectivity index (χ3n) is 8.07. The van der Waals surface area contributed by atoms with Gasteiger partial charge in [-0.2, -0.15) is 0 Å². The predicted octanol–water partition coefficient (Wildman–Crippen LogP) is 1.51. The van der Waals surface area contributed by atoms with Crippen molar-refractivity contribution < 1.29 is 10.2 Å². The molecule has 0 saturated heterocycles. The second-order valence-corrected chi connectivity index (χ2v) is 10.3. The minimum Gasteiger partial charge on any atom is -0.390 e. The molecular formula is C27H34N6O2. The van der Waals surface area contributed by atoms with Crippen LogP contribution in [0.5, 0.6) is 0 Å². The first-order chi connectivity index (χ1) is 17.1. The Morgan fingerprint density at radius 1 is 1.09 bits per heavy atom. The monoisotopic (exact) mass is 474 g/mol. The molecule has 3 aliphatic rings. The van der Waals surface area contributed by atoms with Crippen molar-refractivity contribution >= 4 is 22.5 Å². The van der Waals surface area contributed by atoms with Gasteiger partial charge in [-0.05, 0) is 67.9 Å². The molecule has 3 aromatic rings. The number of fused-ring (bicyclic) bond motifs is 2. The van der Waals surface area contributed by atoms with Crippen LogP contribution in [0, 0.1) is 5.92 Å². The molecule has 0 radical (unpaired) electrons. The Labute approximate surface area is 204 Å². The van der Waals surface area contributed by atoms with Gasteiger partial charge in [0.05, 0.1) is 22.9 Å². The molecule has 0 unspecified atom stereocenters. The summed E-state index contributed by atoms with van der Waals surface area (Å²) in [6.07, 6.45) is 7.70. The number of nitrogens with two attached hydrogens (primary N) is 1. The summed E-state index contributed by atoms with van der Waals surface area (Å²) in [6.45, 7) is 0.422. The summed E-state index contributed by atoms with van der Waals surface area (Å²) < 4.78 is 1.98. The summed E-state index contributed by atoms with van der Waals surface area (Å²) in [6, 6.07) is 12.9. The van der Waals surface area contributed by atoms with Gasteiger partial charge < -0.3 is 31.1 Å². The zero-order chi connectivity index (χ0) is 23.9. The highest BCUT2D eigenvalue weighted by Crippen LogP contribution is 2.37. The number of rotatable bonds is 6. The molecule has 2 aromatic heterocycles. The van der Waals surface area contributed by atoms with E-state index in [1.165, 1.54) is 31.2 Å². The van der Waals surface area contributed by atoms with Crippen molar-refractivity contribution in [1.29, 1.82) is 0 Å². The van der Waals surface area contributed by atoms with E-state index in [9.17, 15) is 10.2 Å². The summed E-state index contributed by atoms with van der Waals surface area (Å²) in [7, 11) is 0. The lowest BCUT2D eigenvalue weighted by atomic mass is 9.95. The van der Waals surface area contributed by atoms with Crippen molar-refractivity contribution in [2.45, 2.75) is 69.2 Å². The smallest absolute Gasteiger partial charge is 0.140 e. The van der Waals surface area contributed by atoms with Crippen LogP contribution in [0.1, 0.15) is 50.1 Å². The fourth-order valence-electron chi connectivity index (χ4n) is 6.07. The Balaban J connectivity index is 1.16. The Hall–Kier alpha value is -3.10. The molecule has 0 spiro atoms. The van der Waals surface area contributed by atoms with Gasteiger partial charge in [-0.15, -0.1) is 0 Å². The van der Waals surface area contributed by atoms with Gasteiger partial charge in [0.2, 0.25) is 0 Å². The minimum absolute atomic E-state index is 0.00937. The molecular weight excluding hydrogens is 440 g/mol. The second-order valence-electron chi connectivity index (χ2n) is 10.3. The van der Waals surface area contributed by atoms with Crippen LogP contribution in [0.25, 0.3) is 16.7 Å². The van der Waals surface area contributed by atoms with Gasteiger partial charge in [-0.1, -0.05) is 25.0 Å². The maximum Gasteiger partial charge on any atom is 0.140 e. The molecule has 184 valence electrons. The lowest BCUT2D eigenvalue weighted by Gasteiger charge is -2.19. The molecule has 2 aliphatic carbocycles. The van der Waals surface area contributed by atoms with Crippen molar-refractivity contribution in [3.05, 3.63) is 58.9 Å². The molecule has 1 aromatic carbocycles. The van der Waals surface area contributed by atoms with Gasteiger partial charge in [0.25, 0.3) is 0 Å². The van der Waals surface area contributed by atoms with Gasteiger partial charge in [0.15, 0.2) is 0 Å². The molecule has 2 fully saturated rings. The number of nitrogens with zero attached hydrogens (tertiary/aromatic N) is 3. The van der Waals surface area contributed by atoms with Gasteiger partial charge in [0, 0.05) is 17.6 Å². The summed E-state index contributed by atoms with van der Waals surface area (Å²) >= 11 is 0. The van der Waals surface area contributed by atoms with Crippen LogP contribution in [0.4, 0.5) is 5.82 Å². The summed E-state index contributed by atoms with van der Waals surface area (Å²) in [5, 5.41) is 30.3. The lowest BCUT2D eigenvalue weighted by molar-refractivity contribution is 0.00449. The molecule has 8 nitrogen and oxygen atoms in total. The maximum atomic E-state index is 10.9. The fraction of sp³-hybridized carbons (Fsp3) is 0.481. The normalized spacial score (nSPS) is 26.5. The molecule has 6 rings (SSSR count). The Bertz CT molecular complexity index is 1350. The Kier molecular flexibility index (Phi) is 5.86. The van der Waals surface area contributed by atoms with Gasteiger partial charge in [-0.25, -0.2) is 9.98 Å². The van der Waals surface area contributed by atoms with E-state index < -0.39 is 12.2 Å². The highest BCUT2D eigenvalue weighted by atomic mass is 16.3. The topological polar surface area (TPSA) is 121 Å². The van der Waals surface area contributed by atoms with E-state index in [1.807, 2.05) is 16.8 Å². The molecule has 1 aliphatic heterocycles. The van der Waals surface area contributed by atoms with Crippen LogP contribution < -0.4 is 27.1 Å². The SMILES string of the molecule is NC1=c2ccn([C@@H]3C[C@H](CCc4ccc5ccc(NC6CCCC6)nc5c4)[C@@H](O)[C@H]3O)c2=NCN1. The molecule has 4 atom stereocenters. The molecule has 2 saturated carbocycles.